The topological polar surface area (TPSA) is 89.9 Å². The van der Waals surface area contributed by atoms with Crippen LogP contribution in [0.2, 0.25) is 0 Å². The van der Waals surface area contributed by atoms with Crippen molar-refractivity contribution >= 4 is 16.6 Å². The van der Waals surface area contributed by atoms with Crippen LogP contribution in [0.25, 0.3) is 16.6 Å². The Bertz CT molecular complexity index is 1260. The zero-order chi connectivity index (χ0) is 23.2. The Morgan fingerprint density at radius 2 is 1.82 bits per heavy atom. The summed E-state index contributed by atoms with van der Waals surface area (Å²) in [7, 11) is 0. The molecule has 1 aromatic carbocycles. The summed E-state index contributed by atoms with van der Waals surface area (Å²) >= 11 is 0. The molecule has 1 atom stereocenters. The summed E-state index contributed by atoms with van der Waals surface area (Å²) < 4.78 is 3.86. The van der Waals surface area contributed by atoms with Crippen molar-refractivity contribution in [1.82, 2.24) is 45.1 Å². The minimum Gasteiger partial charge on any atom is -0.286 e. The molecule has 0 spiro atoms. The van der Waals surface area contributed by atoms with Gasteiger partial charge >= 0.3 is 0 Å². The Morgan fingerprint density at radius 3 is 2.55 bits per heavy atom. The van der Waals surface area contributed by atoms with E-state index in [0.29, 0.717) is 6.04 Å². The van der Waals surface area contributed by atoms with E-state index in [1.165, 1.54) is 31.2 Å². The first-order chi connectivity index (χ1) is 15.9. The van der Waals surface area contributed by atoms with Crippen molar-refractivity contribution in [3.8, 4) is 0 Å². The molecule has 1 fully saturated rings. The number of pyridine rings is 1. The lowest BCUT2D eigenvalue weighted by atomic mass is 10.0. The molecule has 5 rings (SSSR count). The van der Waals surface area contributed by atoms with Gasteiger partial charge in [-0.3, -0.25) is 4.90 Å². The second kappa shape index (κ2) is 8.44. The maximum Gasteiger partial charge on any atom is 0.184 e. The van der Waals surface area contributed by atoms with Gasteiger partial charge in [0.1, 0.15) is 0 Å². The van der Waals surface area contributed by atoms with Crippen molar-refractivity contribution in [2.75, 3.05) is 0 Å². The van der Waals surface area contributed by atoms with Gasteiger partial charge in [-0.05, 0) is 86.0 Å². The Balaban J connectivity index is 1.61. The number of rotatable bonds is 6. The molecule has 1 aliphatic carbocycles. The first-order valence-electron chi connectivity index (χ1n) is 12.0. The summed E-state index contributed by atoms with van der Waals surface area (Å²) in [6.07, 6.45) is 5.85. The molecule has 3 heterocycles. The molecule has 9 heteroatoms. The van der Waals surface area contributed by atoms with Gasteiger partial charge in [0, 0.05) is 23.5 Å². The molecule has 3 aromatic heterocycles. The fraction of sp³-hybridized carbons (Fsp3) is 0.583. The average molecular weight is 448 g/mol. The standard InChI is InChI=1S/C24H33N9/c1-6-20(23-26-28-30-33(23)24(3,4)5)31(19-9-7-8-10-19)15-18-14-17-13-16(2)11-12-21(17)32-22(18)25-27-29-32/h11-14,19-20H,6-10,15H2,1-5H3/t20-/m0/s1. The highest BCUT2D eigenvalue weighted by Gasteiger charge is 2.34. The monoisotopic (exact) mass is 447 g/mol. The van der Waals surface area contributed by atoms with Crippen LogP contribution >= 0.6 is 0 Å². The first kappa shape index (κ1) is 21.9. The highest BCUT2D eigenvalue weighted by Crippen LogP contribution is 2.35. The highest BCUT2D eigenvalue weighted by molar-refractivity contribution is 5.83. The van der Waals surface area contributed by atoms with Crippen LogP contribution in [0.1, 0.15) is 82.8 Å². The summed E-state index contributed by atoms with van der Waals surface area (Å²) in [5, 5.41) is 26.8. The van der Waals surface area contributed by atoms with Crippen molar-refractivity contribution in [3.05, 3.63) is 41.2 Å². The van der Waals surface area contributed by atoms with Gasteiger partial charge in [0.25, 0.3) is 0 Å². The van der Waals surface area contributed by atoms with Crippen LogP contribution in [0.3, 0.4) is 0 Å². The summed E-state index contributed by atoms with van der Waals surface area (Å²) in [6.45, 7) is 11.6. The second-order valence-corrected chi connectivity index (χ2v) is 10.3. The quantitative estimate of drug-likeness (QED) is 0.437. The third-order valence-corrected chi connectivity index (χ3v) is 6.86. The van der Waals surface area contributed by atoms with Crippen LogP contribution in [0.4, 0.5) is 0 Å². The Kier molecular flexibility index (Phi) is 5.60. The van der Waals surface area contributed by atoms with E-state index >= 15 is 0 Å². The van der Waals surface area contributed by atoms with Gasteiger partial charge in [0.15, 0.2) is 11.5 Å². The number of tetrazole rings is 2. The van der Waals surface area contributed by atoms with Crippen molar-refractivity contribution in [2.45, 2.75) is 90.9 Å². The number of benzene rings is 1. The van der Waals surface area contributed by atoms with Crippen LogP contribution in [0.15, 0.2) is 24.3 Å². The molecular weight excluding hydrogens is 414 g/mol. The molecule has 0 saturated heterocycles. The minimum atomic E-state index is -0.182. The zero-order valence-corrected chi connectivity index (χ0v) is 20.2. The lowest BCUT2D eigenvalue weighted by Gasteiger charge is -2.36. The predicted molar refractivity (Wildman–Crippen MR) is 127 cm³/mol. The number of hydrogen-bond acceptors (Lipinski definition) is 7. The summed E-state index contributed by atoms with van der Waals surface area (Å²) in [4.78, 5) is 2.60. The molecule has 0 amide bonds. The lowest BCUT2D eigenvalue weighted by Crippen LogP contribution is -2.39. The van der Waals surface area contributed by atoms with E-state index in [0.717, 1.165) is 40.9 Å². The minimum absolute atomic E-state index is 0.117. The third kappa shape index (κ3) is 3.99. The third-order valence-electron chi connectivity index (χ3n) is 6.86. The van der Waals surface area contributed by atoms with Gasteiger partial charge in [-0.25, -0.2) is 4.68 Å². The van der Waals surface area contributed by atoms with Crippen LogP contribution < -0.4 is 0 Å². The van der Waals surface area contributed by atoms with Gasteiger partial charge in [0.05, 0.1) is 17.1 Å². The molecular formula is C24H33N9. The molecule has 1 aliphatic rings. The molecule has 174 valence electrons. The van der Waals surface area contributed by atoms with E-state index in [2.05, 4.69) is 94.8 Å². The zero-order valence-electron chi connectivity index (χ0n) is 20.2. The second-order valence-electron chi connectivity index (χ2n) is 10.3. The van der Waals surface area contributed by atoms with Crippen molar-refractivity contribution in [2.24, 2.45) is 0 Å². The Morgan fingerprint density at radius 1 is 1.06 bits per heavy atom. The molecule has 9 nitrogen and oxygen atoms in total. The number of aromatic nitrogens is 8. The lowest BCUT2D eigenvalue weighted by molar-refractivity contribution is 0.108. The van der Waals surface area contributed by atoms with E-state index in [1.807, 2.05) is 9.20 Å². The fourth-order valence-electron chi connectivity index (χ4n) is 5.27. The van der Waals surface area contributed by atoms with Gasteiger partial charge < -0.3 is 0 Å². The summed E-state index contributed by atoms with van der Waals surface area (Å²) in [5.74, 6) is 0.934. The van der Waals surface area contributed by atoms with E-state index in [9.17, 15) is 0 Å². The van der Waals surface area contributed by atoms with E-state index in [1.54, 1.807) is 0 Å². The molecule has 0 unspecified atom stereocenters. The van der Waals surface area contributed by atoms with E-state index in [-0.39, 0.29) is 11.6 Å². The number of hydrogen-bond donors (Lipinski definition) is 0. The predicted octanol–water partition coefficient (Wildman–Crippen LogP) is 4.22. The number of aryl methyl sites for hydroxylation is 1. The maximum absolute atomic E-state index is 4.52. The smallest absolute Gasteiger partial charge is 0.184 e. The van der Waals surface area contributed by atoms with Crippen LogP contribution in [0, 0.1) is 6.92 Å². The van der Waals surface area contributed by atoms with Crippen LogP contribution in [-0.4, -0.2) is 51.2 Å². The molecule has 0 bridgehead atoms. The molecule has 0 radical (unpaired) electrons. The largest absolute Gasteiger partial charge is 0.286 e. The molecule has 4 aromatic rings. The molecule has 0 aliphatic heterocycles. The van der Waals surface area contributed by atoms with Gasteiger partial charge in [-0.1, -0.05) is 31.4 Å². The van der Waals surface area contributed by atoms with E-state index in [4.69, 9.17) is 0 Å². The molecule has 0 N–H and O–H groups in total. The highest BCUT2D eigenvalue weighted by atomic mass is 15.6. The number of fused-ring (bicyclic) bond motifs is 3. The Hall–Kier alpha value is -2.94. The first-order valence-corrected chi connectivity index (χ1v) is 12.0. The van der Waals surface area contributed by atoms with Gasteiger partial charge in [-0.2, -0.15) is 4.52 Å². The Labute approximate surface area is 194 Å². The summed E-state index contributed by atoms with van der Waals surface area (Å²) in [6, 6.07) is 9.27. The van der Waals surface area contributed by atoms with Crippen LogP contribution in [0.5, 0.6) is 0 Å². The average Bonchev–Trinajstić information content (AvgIpc) is 3.54. The van der Waals surface area contributed by atoms with Crippen molar-refractivity contribution in [1.29, 1.82) is 0 Å². The number of nitrogens with zero attached hydrogens (tertiary/aromatic N) is 9. The molecule has 1 saturated carbocycles. The fourth-order valence-corrected chi connectivity index (χ4v) is 5.27. The van der Waals surface area contributed by atoms with Crippen LogP contribution in [-0.2, 0) is 12.1 Å². The summed E-state index contributed by atoms with van der Waals surface area (Å²) in [5.41, 5.74) is 4.03. The van der Waals surface area contributed by atoms with Gasteiger partial charge in [0.2, 0.25) is 0 Å². The normalized spacial score (nSPS) is 16.4. The van der Waals surface area contributed by atoms with Crippen molar-refractivity contribution in [3.63, 3.8) is 0 Å². The van der Waals surface area contributed by atoms with Crippen molar-refractivity contribution < 1.29 is 0 Å². The van der Waals surface area contributed by atoms with Gasteiger partial charge in [-0.15, -0.1) is 10.2 Å². The SMILES string of the molecule is CC[C@@H](c1nnnn1C(C)(C)C)N(Cc1cc2cc(C)ccc2n2nnnc12)C1CCCC1. The maximum atomic E-state index is 4.52. The van der Waals surface area contributed by atoms with E-state index < -0.39 is 0 Å². The molecule has 33 heavy (non-hydrogen) atoms.